The Labute approximate surface area is 214 Å². The van der Waals surface area contributed by atoms with Crippen molar-refractivity contribution >= 4 is 39.9 Å². The molecule has 3 rings (SSSR count). The number of ether oxygens (including phenoxy) is 2. The first kappa shape index (κ1) is 28.2. The van der Waals surface area contributed by atoms with Gasteiger partial charge in [-0.25, -0.2) is 19.5 Å². The zero-order valence-electron chi connectivity index (χ0n) is 20.2. The Morgan fingerprint density at radius 1 is 1.31 bits per heavy atom. The lowest BCUT2D eigenvalue weighted by molar-refractivity contribution is -0.164. The van der Waals surface area contributed by atoms with Crippen LogP contribution in [0.2, 0.25) is 0 Å². The van der Waals surface area contributed by atoms with Crippen LogP contribution < -0.4 is 9.86 Å². The van der Waals surface area contributed by atoms with Gasteiger partial charge in [-0.1, -0.05) is 32.2 Å². The second kappa shape index (κ2) is 11.3. The molecule has 0 aromatic rings. The Morgan fingerprint density at radius 2 is 1.94 bits per heavy atom. The predicted octanol–water partition coefficient (Wildman–Crippen LogP) is 0.0765. The largest absolute Gasteiger partial charge is 0.457 e. The highest BCUT2D eigenvalue weighted by molar-refractivity contribution is 8.03. The average molecular weight is 545 g/mol. The zero-order valence-corrected chi connectivity index (χ0v) is 21.8. The van der Waals surface area contributed by atoms with Crippen molar-refractivity contribution in [3.63, 3.8) is 0 Å². The number of nitrogens with two attached hydrogens (primary N) is 1. The van der Waals surface area contributed by atoms with Crippen molar-refractivity contribution < 1.29 is 37.4 Å². The summed E-state index contributed by atoms with van der Waals surface area (Å²) in [5.74, 6) is -1.92. The number of aliphatic hydroxyl groups excluding tert-OH is 1. The lowest BCUT2D eigenvalue weighted by atomic mass is 9.79. The molecule has 0 radical (unpaired) electrons. The summed E-state index contributed by atoms with van der Waals surface area (Å²) in [4.78, 5) is 41.8. The molecular formula is C22H32N4O8S2. The fourth-order valence-electron chi connectivity index (χ4n) is 4.85. The first-order chi connectivity index (χ1) is 16.9. The minimum atomic E-state index is -3.98. The van der Waals surface area contributed by atoms with Crippen LogP contribution in [0.15, 0.2) is 35.9 Å². The van der Waals surface area contributed by atoms with Crippen LogP contribution in [0.5, 0.6) is 0 Å². The van der Waals surface area contributed by atoms with Gasteiger partial charge in [0.15, 0.2) is 0 Å². The number of nitrogens with zero attached hydrogens (tertiary/aromatic N) is 2. The van der Waals surface area contributed by atoms with Gasteiger partial charge in [0.05, 0.1) is 18.1 Å². The third-order valence-electron chi connectivity index (χ3n) is 6.38. The molecule has 0 bridgehead atoms. The molecular weight excluding hydrogens is 512 g/mol. The number of fused-ring (bicyclic) bond motifs is 1. The molecule has 0 spiro atoms. The second-order valence-corrected chi connectivity index (χ2v) is 11.6. The van der Waals surface area contributed by atoms with Crippen LogP contribution in [-0.4, -0.2) is 91.0 Å². The van der Waals surface area contributed by atoms with Crippen molar-refractivity contribution in [1.29, 1.82) is 0 Å². The number of esters is 1. The molecule has 200 valence electrons. The number of carbonyl (C=O) groups is 3. The van der Waals surface area contributed by atoms with Crippen LogP contribution in [-0.2, 0) is 29.3 Å². The summed E-state index contributed by atoms with van der Waals surface area (Å²) in [7, 11) is -3.98. The van der Waals surface area contributed by atoms with Gasteiger partial charge in [-0.15, -0.1) is 11.8 Å². The third-order valence-corrected chi connectivity index (χ3v) is 8.45. The van der Waals surface area contributed by atoms with Crippen LogP contribution in [0.25, 0.3) is 0 Å². The molecule has 0 aromatic carbocycles. The first-order valence-electron chi connectivity index (χ1n) is 11.4. The summed E-state index contributed by atoms with van der Waals surface area (Å²) in [6.45, 7) is 10.5. The highest BCUT2D eigenvalue weighted by Crippen LogP contribution is 2.52. The Hall–Kier alpha value is -2.39. The maximum absolute atomic E-state index is 12.9. The maximum atomic E-state index is 12.9. The van der Waals surface area contributed by atoms with E-state index in [1.54, 1.807) is 6.92 Å². The van der Waals surface area contributed by atoms with E-state index in [-0.39, 0.29) is 55.1 Å². The zero-order chi connectivity index (χ0) is 26.8. The monoisotopic (exact) mass is 544 g/mol. The summed E-state index contributed by atoms with van der Waals surface area (Å²) in [5.41, 5.74) is 0.133. The van der Waals surface area contributed by atoms with Gasteiger partial charge in [0, 0.05) is 35.2 Å². The topological polar surface area (TPSA) is 169 Å². The molecule has 0 aromatic heterocycles. The average Bonchev–Trinajstić information content (AvgIpc) is 3.31. The van der Waals surface area contributed by atoms with Crippen LogP contribution in [0.1, 0.15) is 20.3 Å². The molecule has 36 heavy (non-hydrogen) atoms. The number of hydrogen-bond acceptors (Lipinski definition) is 9. The van der Waals surface area contributed by atoms with Crippen LogP contribution in [0.4, 0.5) is 4.79 Å². The Balaban J connectivity index is 1.86. The van der Waals surface area contributed by atoms with Gasteiger partial charge in [0.1, 0.15) is 18.9 Å². The van der Waals surface area contributed by atoms with Gasteiger partial charge in [0.2, 0.25) is 5.91 Å². The van der Waals surface area contributed by atoms with E-state index in [2.05, 4.69) is 17.9 Å². The van der Waals surface area contributed by atoms with Gasteiger partial charge >= 0.3 is 12.1 Å². The number of hydrogen-bond donors (Lipinski definition) is 3. The van der Waals surface area contributed by atoms with E-state index in [1.807, 2.05) is 6.92 Å². The molecule has 0 aliphatic carbocycles. The predicted molar refractivity (Wildman–Crippen MR) is 132 cm³/mol. The minimum Gasteiger partial charge on any atom is -0.457 e. The lowest BCUT2D eigenvalue weighted by Crippen LogP contribution is -2.63. The fraction of sp³-hybridized carbons (Fsp3) is 0.591. The van der Waals surface area contributed by atoms with Crippen LogP contribution in [0, 0.1) is 11.8 Å². The van der Waals surface area contributed by atoms with E-state index < -0.39 is 40.3 Å². The van der Waals surface area contributed by atoms with E-state index in [0.717, 1.165) is 0 Å². The number of β-lactam (4-membered cyclic amide) rings is 1. The van der Waals surface area contributed by atoms with Gasteiger partial charge in [-0.05, 0) is 13.3 Å². The SMILES string of the molecule is C=CCOC(=O)C1=C(S[C@H]2C[C@@H](CNS(N)(=O)=O)N(C(=O)OCC=C)C2)[C@H](C)[C@@H]2[C@@H]([C@@H](C)O)C(=O)N12. The first-order valence-corrected chi connectivity index (χ1v) is 13.9. The van der Waals surface area contributed by atoms with Gasteiger partial charge in [0.25, 0.3) is 10.2 Å². The quantitative estimate of drug-likeness (QED) is 0.185. The number of amides is 2. The van der Waals surface area contributed by atoms with Crippen molar-refractivity contribution in [3.8, 4) is 0 Å². The van der Waals surface area contributed by atoms with Gasteiger partial charge in [-0.2, -0.15) is 8.42 Å². The fourth-order valence-corrected chi connectivity index (χ4v) is 6.84. The maximum Gasteiger partial charge on any atom is 0.410 e. The number of thioether (sulfide) groups is 1. The Morgan fingerprint density at radius 3 is 2.53 bits per heavy atom. The summed E-state index contributed by atoms with van der Waals surface area (Å²) in [6.07, 6.45) is 1.70. The summed E-state index contributed by atoms with van der Waals surface area (Å²) >= 11 is 1.34. The van der Waals surface area contributed by atoms with Gasteiger partial charge < -0.3 is 24.4 Å². The lowest BCUT2D eigenvalue weighted by Gasteiger charge is -2.46. The molecule has 6 atom stereocenters. The number of aliphatic hydroxyl groups is 1. The number of carbonyl (C=O) groups excluding carboxylic acids is 3. The Kier molecular flexibility index (Phi) is 8.88. The summed E-state index contributed by atoms with van der Waals surface area (Å²) in [5, 5.41) is 15.0. The summed E-state index contributed by atoms with van der Waals surface area (Å²) in [6, 6.07) is -0.934. The molecule has 2 saturated heterocycles. The number of likely N-dealkylation sites (tertiary alicyclic amines) is 1. The second-order valence-electron chi connectivity index (χ2n) is 8.89. The highest BCUT2D eigenvalue weighted by atomic mass is 32.2. The highest BCUT2D eigenvalue weighted by Gasteiger charge is 2.60. The molecule has 14 heteroatoms. The van der Waals surface area contributed by atoms with Crippen molar-refractivity contribution in [3.05, 3.63) is 35.9 Å². The van der Waals surface area contributed by atoms with Crippen LogP contribution in [0.3, 0.4) is 0 Å². The molecule has 3 aliphatic rings. The molecule has 2 fully saturated rings. The van der Waals surface area contributed by atoms with E-state index in [4.69, 9.17) is 14.6 Å². The van der Waals surface area contributed by atoms with E-state index >= 15 is 0 Å². The standard InChI is InChI=1S/C22H32N4O8S2/c1-5-7-33-21(29)18-19(12(3)17-16(13(4)27)20(28)26(17)18)35-15-9-14(10-24-36(23,31)32)25(11-15)22(30)34-8-6-2/h5-6,12-17,24,27H,1-2,7-11H2,3-4H3,(H2,23,31,32)/t12-,13-,14+,15+,16-,17-/m1/s1. The summed E-state index contributed by atoms with van der Waals surface area (Å²) < 4.78 is 35.5. The normalized spacial score (nSPS) is 28.4. The van der Waals surface area contributed by atoms with E-state index in [9.17, 15) is 27.9 Å². The Bertz CT molecular complexity index is 1060. The van der Waals surface area contributed by atoms with Crippen molar-refractivity contribution in [2.24, 2.45) is 17.0 Å². The van der Waals surface area contributed by atoms with Crippen molar-refractivity contribution in [1.82, 2.24) is 14.5 Å². The molecule has 4 N–H and O–H groups in total. The molecule has 0 unspecified atom stereocenters. The van der Waals surface area contributed by atoms with Crippen molar-refractivity contribution in [2.45, 2.75) is 43.7 Å². The molecule has 12 nitrogen and oxygen atoms in total. The molecule has 2 amide bonds. The molecule has 3 heterocycles. The van der Waals surface area contributed by atoms with E-state index in [0.29, 0.717) is 11.3 Å². The number of rotatable bonds is 11. The van der Waals surface area contributed by atoms with Gasteiger partial charge in [-0.3, -0.25) is 4.79 Å². The van der Waals surface area contributed by atoms with E-state index in [1.165, 1.54) is 33.7 Å². The minimum absolute atomic E-state index is 0.0105. The van der Waals surface area contributed by atoms with Crippen molar-refractivity contribution in [2.75, 3.05) is 26.3 Å². The number of nitrogens with one attached hydrogen (secondary N) is 1. The molecule has 3 aliphatic heterocycles. The third kappa shape index (κ3) is 5.78. The smallest absolute Gasteiger partial charge is 0.410 e. The van der Waals surface area contributed by atoms with Crippen LogP contribution >= 0.6 is 11.8 Å². The molecule has 0 saturated carbocycles.